The number of aromatic nitrogens is 2. The van der Waals surface area contributed by atoms with Crippen molar-refractivity contribution in [2.45, 2.75) is 32.3 Å². The number of nitrogens with one attached hydrogen (secondary N) is 1. The van der Waals surface area contributed by atoms with E-state index in [1.807, 2.05) is 32.0 Å². The summed E-state index contributed by atoms with van der Waals surface area (Å²) in [6.07, 6.45) is 0. The molecule has 1 heterocycles. The number of hydrogen-bond donors (Lipinski definition) is 3. The van der Waals surface area contributed by atoms with E-state index in [4.69, 9.17) is 5.26 Å². The van der Waals surface area contributed by atoms with Crippen LogP contribution in [0.4, 0.5) is 11.4 Å². The summed E-state index contributed by atoms with van der Waals surface area (Å²) in [5.74, 6) is 0. The normalized spacial score (nSPS) is 12.0. The zero-order valence-corrected chi connectivity index (χ0v) is 17.3. The number of aromatic amines is 1. The lowest BCUT2D eigenvalue weighted by atomic mass is 10.1. The van der Waals surface area contributed by atoms with Gasteiger partial charge in [-0.3, -0.25) is 19.7 Å². The van der Waals surface area contributed by atoms with Crippen molar-refractivity contribution in [2.75, 3.05) is 0 Å². The van der Waals surface area contributed by atoms with E-state index in [0.29, 0.717) is 11.3 Å². The molecule has 0 unspecified atom stereocenters. The summed E-state index contributed by atoms with van der Waals surface area (Å²) in [7, 11) is -4.47. The number of nitrogens with zero attached hydrogens (tertiary/aromatic N) is 3. The van der Waals surface area contributed by atoms with Crippen molar-refractivity contribution in [3.63, 3.8) is 0 Å². The predicted octanol–water partition coefficient (Wildman–Crippen LogP) is 3.74. The highest BCUT2D eigenvalue weighted by molar-refractivity contribution is 7.85. The summed E-state index contributed by atoms with van der Waals surface area (Å²) in [5, 5.41) is 19.8. The largest absolute Gasteiger partial charge is 0.299 e. The van der Waals surface area contributed by atoms with Gasteiger partial charge in [0.15, 0.2) is 5.69 Å². The van der Waals surface area contributed by atoms with E-state index >= 15 is 0 Å². The molecule has 0 saturated carbocycles. The van der Waals surface area contributed by atoms with Gasteiger partial charge in [0.1, 0.15) is 6.61 Å². The Bertz CT molecular complexity index is 1290. The summed E-state index contributed by atoms with van der Waals surface area (Å²) in [5.41, 5.74) is 2.53. The van der Waals surface area contributed by atoms with E-state index in [1.165, 1.54) is 12.1 Å². The molecule has 0 aliphatic carbocycles. The van der Waals surface area contributed by atoms with Gasteiger partial charge in [0, 0.05) is 0 Å². The second-order valence-electron chi connectivity index (χ2n) is 6.77. The minimum absolute atomic E-state index is 0.110. The van der Waals surface area contributed by atoms with E-state index < -0.39 is 15.7 Å². The fraction of sp³-hybridized carbons (Fsp3) is 0.211. The van der Waals surface area contributed by atoms with Crippen LogP contribution in [0.2, 0.25) is 0 Å². The van der Waals surface area contributed by atoms with Crippen LogP contribution in [0.15, 0.2) is 56.3 Å². The Hall–Kier alpha value is -3.12. The molecule has 0 aliphatic rings. The Morgan fingerprint density at radius 1 is 1.07 bits per heavy atom. The van der Waals surface area contributed by atoms with Crippen molar-refractivity contribution >= 4 is 21.5 Å². The molecule has 1 aromatic heterocycles. The van der Waals surface area contributed by atoms with Crippen LogP contribution in [0.25, 0.3) is 5.69 Å². The zero-order valence-electron chi connectivity index (χ0n) is 16.4. The summed E-state index contributed by atoms with van der Waals surface area (Å²) in [6, 6.07) is 9.44. The molecular weight excluding hydrogens is 412 g/mol. The molecule has 3 N–H and O–H groups in total. The summed E-state index contributed by atoms with van der Waals surface area (Å²) in [6.45, 7) is 5.04. The first-order valence-corrected chi connectivity index (χ1v) is 10.2. The molecule has 3 rings (SSSR count). The SMILES string of the molecule is Cc1ccc(C)c(N=Nc2c(COO)[nH]n(-c3cc(S(=O)(=O)O)ccc3C)c2=O)c1. The van der Waals surface area contributed by atoms with Crippen LogP contribution in [0.3, 0.4) is 0 Å². The number of rotatable bonds is 6. The van der Waals surface area contributed by atoms with Crippen LogP contribution >= 0.6 is 0 Å². The van der Waals surface area contributed by atoms with Crippen LogP contribution < -0.4 is 5.56 Å². The van der Waals surface area contributed by atoms with Gasteiger partial charge >= 0.3 is 0 Å². The monoisotopic (exact) mass is 432 g/mol. The van der Waals surface area contributed by atoms with E-state index in [1.54, 1.807) is 6.92 Å². The second-order valence-corrected chi connectivity index (χ2v) is 8.19. The minimum atomic E-state index is -4.47. The van der Waals surface area contributed by atoms with Gasteiger partial charge in [0.25, 0.3) is 15.7 Å². The molecule has 0 saturated heterocycles. The van der Waals surface area contributed by atoms with Gasteiger partial charge in [0.05, 0.1) is 22.0 Å². The van der Waals surface area contributed by atoms with Gasteiger partial charge in [0.2, 0.25) is 0 Å². The first kappa shape index (κ1) is 21.6. The maximum atomic E-state index is 13.0. The number of aryl methyl sites for hydroxylation is 3. The fourth-order valence-corrected chi connectivity index (χ4v) is 3.33. The van der Waals surface area contributed by atoms with E-state index in [9.17, 15) is 17.8 Å². The van der Waals surface area contributed by atoms with Crippen LogP contribution in [-0.2, 0) is 21.6 Å². The van der Waals surface area contributed by atoms with Gasteiger partial charge in [-0.15, -0.1) is 5.11 Å². The highest BCUT2D eigenvalue weighted by Gasteiger charge is 2.19. The Morgan fingerprint density at radius 3 is 2.43 bits per heavy atom. The van der Waals surface area contributed by atoms with Gasteiger partial charge in [-0.2, -0.15) is 13.5 Å². The minimum Gasteiger partial charge on any atom is -0.290 e. The molecule has 0 amide bonds. The van der Waals surface area contributed by atoms with E-state index in [2.05, 4.69) is 20.2 Å². The Balaban J connectivity index is 2.15. The molecule has 0 bridgehead atoms. The number of benzene rings is 2. The van der Waals surface area contributed by atoms with E-state index in [0.717, 1.165) is 21.9 Å². The van der Waals surface area contributed by atoms with Crippen LogP contribution in [0, 0.1) is 20.8 Å². The molecular formula is C19H20N4O6S. The van der Waals surface area contributed by atoms with Crippen molar-refractivity contribution in [2.24, 2.45) is 10.2 Å². The molecule has 30 heavy (non-hydrogen) atoms. The Morgan fingerprint density at radius 2 is 1.77 bits per heavy atom. The van der Waals surface area contributed by atoms with Crippen molar-refractivity contribution < 1.29 is 23.1 Å². The Kier molecular flexibility index (Phi) is 5.99. The first-order chi connectivity index (χ1) is 14.1. The highest BCUT2D eigenvalue weighted by atomic mass is 32.2. The summed E-state index contributed by atoms with van der Waals surface area (Å²) < 4.78 is 33.3. The Labute approximate surface area is 172 Å². The standard InChI is InChI=1S/C19H20N4O6S/c1-11-4-5-12(2)15(8-11)20-21-18-16(10-29-25)22-23(19(18)24)17-9-14(30(26,27)28)7-6-13(17)3/h4-9,22,25H,10H2,1-3H3,(H,26,27,28). The van der Waals surface area contributed by atoms with Crippen molar-refractivity contribution in [3.8, 4) is 5.69 Å². The molecule has 0 atom stereocenters. The van der Waals surface area contributed by atoms with Crippen LogP contribution in [0.1, 0.15) is 22.4 Å². The fourth-order valence-electron chi connectivity index (χ4n) is 2.83. The molecule has 11 heteroatoms. The number of H-pyrrole nitrogens is 1. The molecule has 0 spiro atoms. The summed E-state index contributed by atoms with van der Waals surface area (Å²) in [4.78, 5) is 16.8. The molecule has 158 valence electrons. The first-order valence-electron chi connectivity index (χ1n) is 8.79. The second kappa shape index (κ2) is 8.32. The lowest BCUT2D eigenvalue weighted by Gasteiger charge is -2.07. The lowest BCUT2D eigenvalue weighted by Crippen LogP contribution is -2.16. The molecule has 3 aromatic rings. The maximum absolute atomic E-state index is 13.0. The van der Waals surface area contributed by atoms with Gasteiger partial charge in [-0.1, -0.05) is 18.2 Å². The molecule has 10 nitrogen and oxygen atoms in total. The highest BCUT2D eigenvalue weighted by Crippen LogP contribution is 2.25. The molecule has 0 radical (unpaired) electrons. The van der Waals surface area contributed by atoms with Crippen LogP contribution in [0.5, 0.6) is 0 Å². The number of azo groups is 1. The average molecular weight is 432 g/mol. The lowest BCUT2D eigenvalue weighted by molar-refractivity contribution is -0.253. The van der Waals surface area contributed by atoms with E-state index in [-0.39, 0.29) is 28.6 Å². The topological polar surface area (TPSA) is 146 Å². The van der Waals surface area contributed by atoms with Crippen molar-refractivity contribution in [1.29, 1.82) is 0 Å². The molecule has 0 fully saturated rings. The van der Waals surface area contributed by atoms with Crippen LogP contribution in [-0.4, -0.2) is 28.0 Å². The van der Waals surface area contributed by atoms with Crippen molar-refractivity contribution in [3.05, 3.63) is 69.1 Å². The zero-order chi connectivity index (χ0) is 22.1. The number of hydrogen-bond acceptors (Lipinski definition) is 7. The molecule has 0 aliphatic heterocycles. The third kappa shape index (κ3) is 4.39. The molecule has 2 aromatic carbocycles. The average Bonchev–Trinajstić information content (AvgIpc) is 2.97. The summed E-state index contributed by atoms with van der Waals surface area (Å²) >= 11 is 0. The quantitative estimate of drug-likeness (QED) is 0.234. The third-order valence-electron chi connectivity index (χ3n) is 4.49. The predicted molar refractivity (Wildman–Crippen MR) is 108 cm³/mol. The maximum Gasteiger partial charge on any atom is 0.299 e. The van der Waals surface area contributed by atoms with Crippen molar-refractivity contribution in [1.82, 2.24) is 9.78 Å². The van der Waals surface area contributed by atoms with Gasteiger partial charge in [-0.25, -0.2) is 9.57 Å². The van der Waals surface area contributed by atoms with Gasteiger partial charge in [-0.05, 0) is 55.7 Å². The third-order valence-corrected chi connectivity index (χ3v) is 5.34. The smallest absolute Gasteiger partial charge is 0.290 e. The van der Waals surface area contributed by atoms with Gasteiger partial charge < -0.3 is 0 Å².